The Labute approximate surface area is 86.8 Å². The van der Waals surface area contributed by atoms with Gasteiger partial charge in [0.05, 0.1) is 6.61 Å². The summed E-state index contributed by atoms with van der Waals surface area (Å²) in [6, 6.07) is 0.838. The largest absolute Gasteiger partial charge is 0.396 e. The topological polar surface area (TPSA) is 41.5 Å². The summed E-state index contributed by atoms with van der Waals surface area (Å²) in [6.45, 7) is 5.23. The fourth-order valence-electron chi connectivity index (χ4n) is 1.66. The van der Waals surface area contributed by atoms with Crippen LogP contribution in [0.1, 0.15) is 26.7 Å². The Morgan fingerprint density at radius 3 is 2.50 bits per heavy atom. The van der Waals surface area contributed by atoms with Gasteiger partial charge in [0, 0.05) is 25.8 Å². The maximum Gasteiger partial charge on any atom is 0.0618 e. The van der Waals surface area contributed by atoms with Crippen molar-refractivity contribution in [3.63, 3.8) is 0 Å². The van der Waals surface area contributed by atoms with E-state index in [0.29, 0.717) is 18.0 Å². The van der Waals surface area contributed by atoms with E-state index in [1.165, 1.54) is 12.8 Å². The van der Waals surface area contributed by atoms with Crippen molar-refractivity contribution in [2.45, 2.75) is 38.8 Å². The molecule has 3 heteroatoms. The van der Waals surface area contributed by atoms with E-state index in [4.69, 9.17) is 9.84 Å². The number of hydrogen-bond donors (Lipinski definition) is 2. The number of rotatable bonds is 7. The van der Waals surface area contributed by atoms with Crippen LogP contribution >= 0.6 is 0 Å². The van der Waals surface area contributed by atoms with E-state index in [2.05, 4.69) is 19.2 Å². The van der Waals surface area contributed by atoms with Gasteiger partial charge in [0.15, 0.2) is 0 Å². The van der Waals surface area contributed by atoms with Crippen molar-refractivity contribution >= 4 is 0 Å². The molecule has 0 amide bonds. The Kier molecular flexibility index (Phi) is 4.85. The first-order valence-corrected chi connectivity index (χ1v) is 5.54. The average Bonchev–Trinajstić information content (AvgIpc) is 2.99. The van der Waals surface area contributed by atoms with Gasteiger partial charge in [-0.1, -0.05) is 6.92 Å². The zero-order valence-corrected chi connectivity index (χ0v) is 9.49. The van der Waals surface area contributed by atoms with Crippen molar-refractivity contribution in [3.05, 3.63) is 0 Å². The van der Waals surface area contributed by atoms with Crippen LogP contribution in [-0.2, 0) is 4.74 Å². The van der Waals surface area contributed by atoms with Crippen LogP contribution in [0.25, 0.3) is 0 Å². The van der Waals surface area contributed by atoms with E-state index in [1.807, 2.05) is 0 Å². The van der Waals surface area contributed by atoms with Crippen LogP contribution in [0.5, 0.6) is 0 Å². The van der Waals surface area contributed by atoms with Crippen LogP contribution in [0.4, 0.5) is 0 Å². The fraction of sp³-hybridized carbons (Fsp3) is 1.00. The lowest BCUT2D eigenvalue weighted by Crippen LogP contribution is -2.44. The van der Waals surface area contributed by atoms with Gasteiger partial charge >= 0.3 is 0 Å². The van der Waals surface area contributed by atoms with Gasteiger partial charge in [-0.05, 0) is 31.6 Å². The van der Waals surface area contributed by atoms with Crippen LogP contribution in [0.3, 0.4) is 0 Å². The molecule has 1 aliphatic rings. The quantitative estimate of drug-likeness (QED) is 0.646. The molecule has 1 saturated carbocycles. The molecule has 1 fully saturated rings. The molecule has 0 aromatic heterocycles. The first-order chi connectivity index (χ1) is 6.69. The lowest BCUT2D eigenvalue weighted by Gasteiger charge is -2.26. The summed E-state index contributed by atoms with van der Waals surface area (Å²) in [7, 11) is 1.75. The van der Waals surface area contributed by atoms with Crippen LogP contribution in [0, 0.1) is 11.8 Å². The molecule has 14 heavy (non-hydrogen) atoms. The van der Waals surface area contributed by atoms with Gasteiger partial charge in [0.1, 0.15) is 0 Å². The molecule has 3 nitrogen and oxygen atoms in total. The van der Waals surface area contributed by atoms with Gasteiger partial charge in [-0.25, -0.2) is 0 Å². The summed E-state index contributed by atoms with van der Waals surface area (Å²) in [5, 5.41) is 12.6. The second kappa shape index (κ2) is 5.69. The fourth-order valence-corrected chi connectivity index (χ4v) is 1.66. The molecule has 0 spiro atoms. The Balaban J connectivity index is 2.30. The summed E-state index contributed by atoms with van der Waals surface area (Å²) < 4.78 is 5.19. The molecular formula is C11H23NO2. The molecule has 0 aromatic carbocycles. The minimum absolute atomic E-state index is 0.249. The highest BCUT2D eigenvalue weighted by Gasteiger charge is 2.32. The van der Waals surface area contributed by atoms with E-state index in [0.717, 1.165) is 12.5 Å². The number of aliphatic hydroxyl groups excluding tert-OH is 1. The highest BCUT2D eigenvalue weighted by atomic mass is 16.5. The van der Waals surface area contributed by atoms with Gasteiger partial charge in [0.25, 0.3) is 0 Å². The smallest absolute Gasteiger partial charge is 0.0618 e. The van der Waals surface area contributed by atoms with Crippen molar-refractivity contribution in [3.8, 4) is 0 Å². The molecule has 84 valence electrons. The van der Waals surface area contributed by atoms with E-state index < -0.39 is 0 Å². The predicted molar refractivity (Wildman–Crippen MR) is 57.2 cm³/mol. The molecule has 0 aromatic rings. The van der Waals surface area contributed by atoms with E-state index in [-0.39, 0.29) is 6.61 Å². The molecule has 3 atom stereocenters. The summed E-state index contributed by atoms with van der Waals surface area (Å²) in [5.74, 6) is 1.11. The zero-order valence-electron chi connectivity index (χ0n) is 9.49. The zero-order chi connectivity index (χ0) is 10.6. The third-order valence-electron chi connectivity index (χ3n) is 3.16. The van der Waals surface area contributed by atoms with Crippen molar-refractivity contribution < 1.29 is 9.84 Å². The van der Waals surface area contributed by atoms with E-state index in [9.17, 15) is 0 Å². The highest BCUT2D eigenvalue weighted by molar-refractivity contribution is 4.88. The molecule has 0 aliphatic heterocycles. The molecule has 1 aliphatic carbocycles. The molecule has 0 saturated heterocycles. The second-order valence-electron chi connectivity index (χ2n) is 4.51. The number of nitrogens with one attached hydrogen (secondary N) is 1. The molecular weight excluding hydrogens is 178 g/mol. The Morgan fingerprint density at radius 2 is 2.07 bits per heavy atom. The van der Waals surface area contributed by atoms with E-state index >= 15 is 0 Å². The standard InChI is InChI=1S/C11H23NO2/c1-8(6-13)9(2)12-11(7-14-3)10-4-5-10/h8-13H,4-7H2,1-3H3. The summed E-state index contributed by atoms with van der Waals surface area (Å²) >= 11 is 0. The van der Waals surface area contributed by atoms with Crippen LogP contribution < -0.4 is 5.32 Å². The third kappa shape index (κ3) is 3.56. The van der Waals surface area contributed by atoms with Crippen LogP contribution in [0.2, 0.25) is 0 Å². The minimum atomic E-state index is 0.249. The molecule has 2 N–H and O–H groups in total. The van der Waals surface area contributed by atoms with Crippen molar-refractivity contribution in [1.82, 2.24) is 5.32 Å². The lowest BCUT2D eigenvalue weighted by molar-refractivity contribution is 0.137. The first-order valence-electron chi connectivity index (χ1n) is 5.54. The minimum Gasteiger partial charge on any atom is -0.396 e. The molecule has 0 heterocycles. The van der Waals surface area contributed by atoms with Crippen molar-refractivity contribution in [2.75, 3.05) is 20.3 Å². The Bertz CT molecular complexity index is 159. The third-order valence-corrected chi connectivity index (χ3v) is 3.16. The molecule has 0 bridgehead atoms. The number of methoxy groups -OCH3 is 1. The number of hydrogen-bond acceptors (Lipinski definition) is 3. The maximum atomic E-state index is 9.03. The Hall–Kier alpha value is -0.120. The molecule has 3 unspecified atom stereocenters. The van der Waals surface area contributed by atoms with Crippen molar-refractivity contribution in [1.29, 1.82) is 0 Å². The summed E-state index contributed by atoms with van der Waals surface area (Å²) in [6.07, 6.45) is 2.64. The maximum absolute atomic E-state index is 9.03. The van der Waals surface area contributed by atoms with Gasteiger partial charge in [0.2, 0.25) is 0 Å². The lowest BCUT2D eigenvalue weighted by atomic mass is 10.0. The highest BCUT2D eigenvalue weighted by Crippen LogP contribution is 2.33. The number of aliphatic hydroxyl groups is 1. The van der Waals surface area contributed by atoms with Gasteiger partial charge in [-0.3, -0.25) is 0 Å². The average molecular weight is 201 g/mol. The van der Waals surface area contributed by atoms with Crippen LogP contribution in [-0.4, -0.2) is 37.5 Å². The van der Waals surface area contributed by atoms with Crippen molar-refractivity contribution in [2.24, 2.45) is 11.8 Å². The first kappa shape index (κ1) is 12.0. The molecule has 1 rings (SSSR count). The van der Waals surface area contributed by atoms with Gasteiger partial charge in [-0.15, -0.1) is 0 Å². The molecule has 0 radical (unpaired) electrons. The van der Waals surface area contributed by atoms with E-state index in [1.54, 1.807) is 7.11 Å². The summed E-state index contributed by atoms with van der Waals surface area (Å²) in [4.78, 5) is 0. The van der Waals surface area contributed by atoms with Crippen LogP contribution in [0.15, 0.2) is 0 Å². The SMILES string of the molecule is COCC(NC(C)C(C)CO)C1CC1. The van der Waals surface area contributed by atoms with Gasteiger partial charge < -0.3 is 15.2 Å². The Morgan fingerprint density at radius 1 is 1.43 bits per heavy atom. The monoisotopic (exact) mass is 201 g/mol. The predicted octanol–water partition coefficient (Wildman–Crippen LogP) is 1.02. The number of ether oxygens (including phenoxy) is 1. The second-order valence-corrected chi connectivity index (χ2v) is 4.51. The summed E-state index contributed by atoms with van der Waals surface area (Å²) in [5.41, 5.74) is 0. The normalized spacial score (nSPS) is 23.1. The van der Waals surface area contributed by atoms with Gasteiger partial charge in [-0.2, -0.15) is 0 Å².